The van der Waals surface area contributed by atoms with E-state index in [9.17, 15) is 24.0 Å². The lowest BCUT2D eigenvalue weighted by Gasteiger charge is -2.35. The predicted molar refractivity (Wildman–Crippen MR) is 153 cm³/mol. The zero-order valence-corrected chi connectivity index (χ0v) is 25.7. The van der Waals surface area contributed by atoms with E-state index in [2.05, 4.69) is 10.2 Å². The van der Waals surface area contributed by atoms with E-state index >= 15 is 0 Å². The minimum atomic E-state index is -1.48. The Balaban J connectivity index is 1.11. The van der Waals surface area contributed by atoms with Gasteiger partial charge in [0.25, 0.3) is 23.6 Å². The van der Waals surface area contributed by atoms with Crippen LogP contribution in [0, 0.1) is 51.4 Å². The van der Waals surface area contributed by atoms with Gasteiger partial charge in [0, 0.05) is 24.2 Å². The summed E-state index contributed by atoms with van der Waals surface area (Å²) in [6.45, 7) is 7.77. The second kappa shape index (κ2) is 11.8. The molecule has 4 aliphatic rings. The van der Waals surface area contributed by atoms with Crippen molar-refractivity contribution in [1.82, 2.24) is 29.7 Å². The van der Waals surface area contributed by atoms with E-state index < -0.39 is 41.6 Å². The molecule has 0 spiro atoms. The Morgan fingerprint density at radius 1 is 0.659 bits per heavy atom. The van der Waals surface area contributed by atoms with Crippen LogP contribution in [-0.4, -0.2) is 59.5 Å². The Morgan fingerprint density at radius 3 is 1.41 bits per heavy atom. The smallest absolute Gasteiger partial charge is 0.293 e. The summed E-state index contributed by atoms with van der Waals surface area (Å²) < 4.78 is 3.89. The number of hydrogen-bond acceptors (Lipinski definition) is 9. The molecule has 236 valence electrons. The van der Waals surface area contributed by atoms with Gasteiger partial charge in [0.1, 0.15) is 0 Å². The molecule has 6 atom stereocenters. The third-order valence-electron chi connectivity index (χ3n) is 9.92. The lowest BCUT2D eigenvalue weighted by Crippen LogP contribution is -2.41. The van der Waals surface area contributed by atoms with Gasteiger partial charge in [-0.05, 0) is 77.3 Å². The molecule has 0 bridgehead atoms. The Bertz CT molecular complexity index is 1390. The number of aryl methyl sites for hydroxylation is 4. The minimum absolute atomic E-state index is 0.0547. The quantitative estimate of drug-likeness (QED) is 0.440. The maximum atomic E-state index is 13.4. The molecule has 2 aliphatic heterocycles. The topological polar surface area (TPSA) is 146 Å². The number of hydrogen-bond donors (Lipinski definition) is 0. The minimum Gasteiger partial charge on any atom is -0.293 e. The molecule has 4 amide bonds. The summed E-state index contributed by atoms with van der Waals surface area (Å²) in [5.41, 5.74) is 3.74. The van der Waals surface area contributed by atoms with Crippen LogP contribution in [0.2, 0.25) is 0 Å². The van der Waals surface area contributed by atoms with Gasteiger partial charge in [-0.15, -0.1) is 0 Å². The largest absolute Gasteiger partial charge is 0.560 e. The standard InChI is InChI=1S/C31H40N6O7/c1-17-13-19(3)34(32-17)25-11-7-5-9-21(25)23-15-27(38)36(29(23)40)43-31(42)44-37-28(39)16-24(30(37)41)22-10-6-8-12-26(22)35-20(4)14-18(2)33-35/h13-14,21-26H,5-12,15-16H2,1-4H3. The number of carbonyl (C=O) groups is 5. The summed E-state index contributed by atoms with van der Waals surface area (Å²) in [7, 11) is 0. The number of aromatic nitrogens is 4. The lowest BCUT2D eigenvalue weighted by atomic mass is 9.75. The molecule has 0 N–H and O–H groups in total. The fraction of sp³-hybridized carbons (Fsp3) is 0.645. The van der Waals surface area contributed by atoms with Gasteiger partial charge < -0.3 is 0 Å². The van der Waals surface area contributed by atoms with Crippen molar-refractivity contribution in [3.8, 4) is 0 Å². The SMILES string of the molecule is Cc1cc(C)n(C2CCCCC2C2CC(=O)N(OC(=O)ON3C(=O)CC(C4CCCCC4n4nc(C)cc4C)C3=O)C2=O)n1. The van der Waals surface area contributed by atoms with E-state index in [4.69, 9.17) is 9.68 Å². The van der Waals surface area contributed by atoms with Crippen molar-refractivity contribution in [2.75, 3.05) is 0 Å². The zero-order valence-electron chi connectivity index (χ0n) is 25.7. The van der Waals surface area contributed by atoms with Crippen LogP contribution in [-0.2, 0) is 28.9 Å². The van der Waals surface area contributed by atoms with Crippen molar-refractivity contribution in [1.29, 1.82) is 0 Å². The summed E-state index contributed by atoms with van der Waals surface area (Å²) in [5, 5.41) is 10.1. The molecular formula is C31H40N6O7. The molecule has 2 aromatic rings. The number of rotatable bonds is 6. The lowest BCUT2D eigenvalue weighted by molar-refractivity contribution is -0.200. The average Bonchev–Trinajstić information content (AvgIpc) is 3.69. The summed E-state index contributed by atoms with van der Waals surface area (Å²) in [6.07, 6.45) is 5.26. The van der Waals surface area contributed by atoms with Crippen molar-refractivity contribution in [3.63, 3.8) is 0 Å². The maximum Gasteiger partial charge on any atom is 0.560 e. The fourth-order valence-corrected chi connectivity index (χ4v) is 8.08. The van der Waals surface area contributed by atoms with E-state index in [1.165, 1.54) is 0 Å². The molecule has 2 saturated heterocycles. The fourth-order valence-electron chi connectivity index (χ4n) is 8.08. The van der Waals surface area contributed by atoms with Gasteiger partial charge in [-0.2, -0.15) is 15.0 Å². The number of amides is 4. The highest BCUT2D eigenvalue weighted by Crippen LogP contribution is 2.44. The molecule has 4 fully saturated rings. The Hall–Kier alpha value is -4.03. The third kappa shape index (κ3) is 5.41. The van der Waals surface area contributed by atoms with E-state index in [1.807, 2.05) is 49.2 Å². The summed E-state index contributed by atoms with van der Waals surface area (Å²) in [4.78, 5) is 75.6. The van der Waals surface area contributed by atoms with Gasteiger partial charge in [0.05, 0.1) is 35.3 Å². The van der Waals surface area contributed by atoms with Gasteiger partial charge in [-0.25, -0.2) is 0 Å². The van der Waals surface area contributed by atoms with Crippen LogP contribution in [0.5, 0.6) is 0 Å². The highest BCUT2D eigenvalue weighted by atomic mass is 16.9. The average molecular weight is 609 g/mol. The van der Waals surface area contributed by atoms with Gasteiger partial charge in [0.15, 0.2) is 0 Å². The van der Waals surface area contributed by atoms with Crippen molar-refractivity contribution in [2.24, 2.45) is 23.7 Å². The molecule has 4 heterocycles. The molecule has 0 aromatic carbocycles. The highest BCUT2D eigenvalue weighted by molar-refractivity contribution is 6.04. The zero-order chi connectivity index (χ0) is 31.3. The van der Waals surface area contributed by atoms with Crippen molar-refractivity contribution in [2.45, 2.75) is 104 Å². The van der Waals surface area contributed by atoms with Crippen LogP contribution in [0.15, 0.2) is 12.1 Å². The molecule has 13 nitrogen and oxygen atoms in total. The van der Waals surface area contributed by atoms with Crippen molar-refractivity contribution in [3.05, 3.63) is 34.9 Å². The van der Waals surface area contributed by atoms with E-state index in [0.29, 0.717) is 10.1 Å². The maximum absolute atomic E-state index is 13.4. The first kappa shape index (κ1) is 30.0. The van der Waals surface area contributed by atoms with Crippen LogP contribution in [0.4, 0.5) is 4.79 Å². The highest BCUT2D eigenvalue weighted by Gasteiger charge is 2.51. The summed E-state index contributed by atoms with van der Waals surface area (Å²) in [6, 6.07) is 3.86. The number of imide groups is 2. The number of nitrogens with zero attached hydrogens (tertiary/aromatic N) is 6. The summed E-state index contributed by atoms with van der Waals surface area (Å²) in [5.74, 6) is -4.26. The number of carbonyl (C=O) groups excluding carboxylic acids is 5. The van der Waals surface area contributed by atoms with Gasteiger partial charge in [-0.3, -0.25) is 38.2 Å². The normalized spacial score (nSPS) is 29.5. The molecule has 2 aromatic heterocycles. The molecule has 6 rings (SSSR count). The molecule has 6 unspecified atom stereocenters. The van der Waals surface area contributed by atoms with E-state index in [-0.39, 0.29) is 36.8 Å². The second-order valence-corrected chi connectivity index (χ2v) is 12.9. The summed E-state index contributed by atoms with van der Waals surface area (Å²) >= 11 is 0. The van der Waals surface area contributed by atoms with Crippen LogP contribution in [0.3, 0.4) is 0 Å². The monoisotopic (exact) mass is 608 g/mol. The van der Waals surface area contributed by atoms with Gasteiger partial charge >= 0.3 is 6.16 Å². The number of hydroxylamine groups is 4. The van der Waals surface area contributed by atoms with Crippen LogP contribution in [0.25, 0.3) is 0 Å². The molecule has 0 radical (unpaired) electrons. The third-order valence-corrected chi connectivity index (χ3v) is 9.92. The Labute approximate surface area is 255 Å². The van der Waals surface area contributed by atoms with E-state index in [1.54, 1.807) is 0 Å². The Kier molecular flexibility index (Phi) is 8.06. The Morgan fingerprint density at radius 2 is 1.05 bits per heavy atom. The first-order valence-electron chi connectivity index (χ1n) is 15.7. The van der Waals surface area contributed by atoms with Crippen LogP contribution >= 0.6 is 0 Å². The van der Waals surface area contributed by atoms with Crippen molar-refractivity contribution >= 4 is 29.8 Å². The molecule has 2 saturated carbocycles. The first-order chi connectivity index (χ1) is 21.0. The van der Waals surface area contributed by atoms with Crippen LogP contribution < -0.4 is 0 Å². The van der Waals surface area contributed by atoms with Crippen molar-refractivity contribution < 1.29 is 33.6 Å². The molecule has 13 heteroatoms. The van der Waals surface area contributed by atoms with Gasteiger partial charge in [-0.1, -0.05) is 35.8 Å². The molecular weight excluding hydrogens is 568 g/mol. The van der Waals surface area contributed by atoms with Crippen LogP contribution in [0.1, 0.15) is 99.1 Å². The predicted octanol–water partition coefficient (Wildman–Crippen LogP) is 4.21. The molecule has 44 heavy (non-hydrogen) atoms. The second-order valence-electron chi connectivity index (χ2n) is 12.9. The van der Waals surface area contributed by atoms with Gasteiger partial charge in [0.2, 0.25) is 0 Å². The van der Waals surface area contributed by atoms with E-state index in [0.717, 1.165) is 74.1 Å². The first-order valence-corrected chi connectivity index (χ1v) is 15.7. The molecule has 2 aliphatic carbocycles.